The van der Waals surface area contributed by atoms with Crippen LogP contribution in [0.25, 0.3) is 0 Å². The Bertz CT molecular complexity index is 749. The zero-order chi connectivity index (χ0) is 18.6. The fraction of sp³-hybridized carbons (Fsp3) is 0.522. The Hall–Kier alpha value is -1.91. The minimum atomic E-state index is 0.439. The number of rotatable bonds is 6. The Morgan fingerprint density at radius 3 is 3.00 bits per heavy atom. The zero-order valence-electron chi connectivity index (χ0n) is 16.6. The van der Waals surface area contributed by atoms with E-state index in [1.54, 1.807) is 0 Å². The fourth-order valence-electron chi connectivity index (χ4n) is 4.42. The predicted octanol–water partition coefficient (Wildman–Crippen LogP) is 3.72. The number of hydrogen-bond donors (Lipinski definition) is 0. The third kappa shape index (κ3) is 4.17. The van der Waals surface area contributed by atoms with Gasteiger partial charge in [0.15, 0.2) is 0 Å². The van der Waals surface area contributed by atoms with Crippen LogP contribution in [0, 0.1) is 0 Å². The van der Waals surface area contributed by atoms with Gasteiger partial charge in [-0.3, -0.25) is 14.8 Å². The highest BCUT2D eigenvalue weighted by Crippen LogP contribution is 2.31. The van der Waals surface area contributed by atoms with Crippen LogP contribution < -0.4 is 4.74 Å². The van der Waals surface area contributed by atoms with Crippen LogP contribution in [0.15, 0.2) is 42.7 Å². The summed E-state index contributed by atoms with van der Waals surface area (Å²) in [6.45, 7) is 10.0. The molecule has 2 aromatic rings. The van der Waals surface area contributed by atoms with Gasteiger partial charge in [-0.25, -0.2) is 0 Å². The molecule has 0 saturated carbocycles. The summed E-state index contributed by atoms with van der Waals surface area (Å²) < 4.78 is 5.78. The lowest BCUT2D eigenvalue weighted by Crippen LogP contribution is -2.53. The van der Waals surface area contributed by atoms with Gasteiger partial charge in [0.25, 0.3) is 0 Å². The standard InChI is InChI=1S/C23H31N3O/c1-3-22-17-26(13-12-25(22)11-8-19-5-4-10-24-16-19)18(2)21-7-6-20-9-14-27-23(20)15-21/h4-7,10,15-16,18,22H,3,8-9,11-14,17H2,1-2H3. The summed E-state index contributed by atoms with van der Waals surface area (Å²) in [5.74, 6) is 1.10. The second kappa shape index (κ2) is 8.41. The Morgan fingerprint density at radius 2 is 2.19 bits per heavy atom. The summed E-state index contributed by atoms with van der Waals surface area (Å²) >= 11 is 0. The van der Waals surface area contributed by atoms with Crippen molar-refractivity contribution in [3.63, 3.8) is 0 Å². The molecule has 27 heavy (non-hydrogen) atoms. The van der Waals surface area contributed by atoms with Gasteiger partial charge in [-0.15, -0.1) is 0 Å². The van der Waals surface area contributed by atoms with Crippen molar-refractivity contribution in [3.8, 4) is 5.75 Å². The number of aromatic nitrogens is 1. The highest BCUT2D eigenvalue weighted by Gasteiger charge is 2.29. The molecular weight excluding hydrogens is 334 g/mol. The average Bonchev–Trinajstić information content (AvgIpc) is 3.20. The first-order chi connectivity index (χ1) is 13.2. The molecule has 1 saturated heterocycles. The van der Waals surface area contributed by atoms with Crippen LogP contribution >= 0.6 is 0 Å². The van der Waals surface area contributed by atoms with E-state index >= 15 is 0 Å². The number of ether oxygens (including phenoxy) is 1. The molecular formula is C23H31N3O. The number of pyridine rings is 1. The van der Waals surface area contributed by atoms with Gasteiger partial charge < -0.3 is 4.74 Å². The first kappa shape index (κ1) is 18.5. The van der Waals surface area contributed by atoms with Crippen LogP contribution in [0.5, 0.6) is 5.75 Å². The summed E-state index contributed by atoms with van der Waals surface area (Å²) in [6.07, 6.45) is 7.18. The molecule has 2 unspecified atom stereocenters. The molecule has 4 heteroatoms. The Kier molecular flexibility index (Phi) is 5.74. The third-order valence-electron chi connectivity index (χ3n) is 6.27. The number of hydrogen-bond acceptors (Lipinski definition) is 4. The number of nitrogens with zero attached hydrogens (tertiary/aromatic N) is 3. The van der Waals surface area contributed by atoms with Gasteiger partial charge in [-0.2, -0.15) is 0 Å². The Labute approximate surface area is 163 Å². The van der Waals surface area contributed by atoms with Crippen molar-refractivity contribution < 1.29 is 4.74 Å². The lowest BCUT2D eigenvalue weighted by Gasteiger charge is -2.43. The first-order valence-electron chi connectivity index (χ1n) is 10.4. The minimum absolute atomic E-state index is 0.439. The molecule has 4 rings (SSSR count). The molecule has 1 aromatic carbocycles. The summed E-state index contributed by atoms with van der Waals surface area (Å²) in [4.78, 5) is 9.56. The molecule has 1 aromatic heterocycles. The molecule has 0 radical (unpaired) electrons. The van der Waals surface area contributed by atoms with Gasteiger partial charge in [0.2, 0.25) is 0 Å². The van der Waals surface area contributed by atoms with Crippen molar-refractivity contribution >= 4 is 0 Å². The molecule has 0 bridgehead atoms. The van der Waals surface area contributed by atoms with Crippen molar-refractivity contribution in [2.24, 2.45) is 0 Å². The van der Waals surface area contributed by atoms with Gasteiger partial charge in [0.05, 0.1) is 6.61 Å². The summed E-state index contributed by atoms with van der Waals surface area (Å²) in [6, 6.07) is 12.1. The lowest BCUT2D eigenvalue weighted by molar-refractivity contribution is 0.0506. The zero-order valence-corrected chi connectivity index (χ0v) is 16.6. The van der Waals surface area contributed by atoms with E-state index in [4.69, 9.17) is 4.74 Å². The van der Waals surface area contributed by atoms with Crippen molar-refractivity contribution in [1.82, 2.24) is 14.8 Å². The average molecular weight is 366 g/mol. The van der Waals surface area contributed by atoms with Crippen LogP contribution in [0.3, 0.4) is 0 Å². The largest absolute Gasteiger partial charge is 0.493 e. The van der Waals surface area contributed by atoms with Crippen LogP contribution in [0.4, 0.5) is 0 Å². The van der Waals surface area contributed by atoms with Crippen molar-refractivity contribution in [2.75, 3.05) is 32.8 Å². The van der Waals surface area contributed by atoms with E-state index in [0.717, 1.165) is 51.4 Å². The molecule has 3 heterocycles. The van der Waals surface area contributed by atoms with E-state index < -0.39 is 0 Å². The quantitative estimate of drug-likeness (QED) is 0.780. The second-order valence-corrected chi connectivity index (χ2v) is 7.85. The van der Waals surface area contributed by atoms with Gasteiger partial charge in [0, 0.05) is 57.1 Å². The maximum atomic E-state index is 5.78. The molecule has 2 aliphatic rings. The molecule has 0 N–H and O–H groups in total. The van der Waals surface area contributed by atoms with E-state index in [2.05, 4.69) is 52.9 Å². The highest BCUT2D eigenvalue weighted by molar-refractivity contribution is 5.41. The SMILES string of the molecule is CCC1CN(C(C)c2ccc3c(c2)OCC3)CCN1CCc1cccnc1. The van der Waals surface area contributed by atoms with Crippen LogP contribution in [0.1, 0.15) is 43.0 Å². The molecule has 0 aliphatic carbocycles. The molecule has 0 amide bonds. The number of fused-ring (bicyclic) bond motifs is 1. The summed E-state index contributed by atoms with van der Waals surface area (Å²) in [7, 11) is 0. The van der Waals surface area contributed by atoms with Gasteiger partial charge in [-0.1, -0.05) is 25.1 Å². The van der Waals surface area contributed by atoms with E-state index in [1.165, 1.54) is 23.1 Å². The normalized spacial score (nSPS) is 21.6. The fourth-order valence-corrected chi connectivity index (χ4v) is 4.42. The van der Waals surface area contributed by atoms with Crippen molar-refractivity contribution in [2.45, 2.75) is 45.2 Å². The van der Waals surface area contributed by atoms with Crippen LogP contribution in [0.2, 0.25) is 0 Å². The van der Waals surface area contributed by atoms with E-state index in [-0.39, 0.29) is 0 Å². The van der Waals surface area contributed by atoms with Crippen LogP contribution in [-0.2, 0) is 12.8 Å². The third-order valence-corrected chi connectivity index (χ3v) is 6.27. The number of piperazine rings is 1. The Balaban J connectivity index is 1.37. The monoisotopic (exact) mass is 365 g/mol. The highest BCUT2D eigenvalue weighted by atomic mass is 16.5. The predicted molar refractivity (Wildman–Crippen MR) is 109 cm³/mol. The maximum absolute atomic E-state index is 5.78. The van der Waals surface area contributed by atoms with E-state index in [9.17, 15) is 0 Å². The van der Waals surface area contributed by atoms with E-state index in [1.807, 2.05) is 18.5 Å². The van der Waals surface area contributed by atoms with E-state index in [0.29, 0.717) is 12.1 Å². The molecule has 144 valence electrons. The first-order valence-corrected chi connectivity index (χ1v) is 10.4. The molecule has 2 atom stereocenters. The minimum Gasteiger partial charge on any atom is -0.493 e. The van der Waals surface area contributed by atoms with Crippen molar-refractivity contribution in [1.29, 1.82) is 0 Å². The maximum Gasteiger partial charge on any atom is 0.122 e. The molecule has 4 nitrogen and oxygen atoms in total. The Morgan fingerprint density at radius 1 is 1.26 bits per heavy atom. The number of benzene rings is 1. The topological polar surface area (TPSA) is 28.6 Å². The smallest absolute Gasteiger partial charge is 0.122 e. The second-order valence-electron chi connectivity index (χ2n) is 7.85. The molecule has 0 spiro atoms. The van der Waals surface area contributed by atoms with Gasteiger partial charge in [0.1, 0.15) is 5.75 Å². The van der Waals surface area contributed by atoms with Gasteiger partial charge in [-0.05, 0) is 48.6 Å². The van der Waals surface area contributed by atoms with Crippen LogP contribution in [-0.4, -0.2) is 53.6 Å². The van der Waals surface area contributed by atoms with Gasteiger partial charge >= 0.3 is 0 Å². The molecule has 1 fully saturated rings. The summed E-state index contributed by atoms with van der Waals surface area (Å²) in [5.41, 5.74) is 4.08. The lowest BCUT2D eigenvalue weighted by atomic mass is 10.0. The van der Waals surface area contributed by atoms with Crippen molar-refractivity contribution in [3.05, 3.63) is 59.4 Å². The summed E-state index contributed by atoms with van der Waals surface area (Å²) in [5, 5.41) is 0. The molecule has 2 aliphatic heterocycles.